The highest BCUT2D eigenvalue weighted by Gasteiger charge is 2.38. The summed E-state index contributed by atoms with van der Waals surface area (Å²) in [6.45, 7) is 1.84. The maximum absolute atomic E-state index is 12.6. The highest BCUT2D eigenvalue weighted by atomic mass is 79.9. The summed E-state index contributed by atoms with van der Waals surface area (Å²) in [5.74, 6) is 0.167. The summed E-state index contributed by atoms with van der Waals surface area (Å²) in [4.78, 5) is 14.6. The zero-order valence-corrected chi connectivity index (χ0v) is 14.7. The number of hydrogen-bond acceptors (Lipinski definition) is 1. The summed E-state index contributed by atoms with van der Waals surface area (Å²) in [6, 6.07) is 5.78. The van der Waals surface area contributed by atoms with Gasteiger partial charge >= 0.3 is 0 Å². The molecule has 1 aliphatic heterocycles. The Balaban J connectivity index is 1.69. The molecule has 20 heavy (non-hydrogen) atoms. The summed E-state index contributed by atoms with van der Waals surface area (Å²) >= 11 is 6.91. The van der Waals surface area contributed by atoms with E-state index in [4.69, 9.17) is 0 Å². The number of amides is 1. The van der Waals surface area contributed by atoms with Crippen LogP contribution in [0.1, 0.15) is 48.9 Å². The third-order valence-electron chi connectivity index (χ3n) is 4.89. The van der Waals surface area contributed by atoms with E-state index >= 15 is 0 Å². The Kier molecular flexibility index (Phi) is 4.23. The molecule has 0 N–H and O–H groups in total. The number of rotatable bonds is 1. The number of piperidine rings is 1. The molecule has 108 valence electrons. The predicted octanol–water partition coefficient (Wildman–Crippen LogP) is 5.01. The van der Waals surface area contributed by atoms with Gasteiger partial charge in [-0.2, -0.15) is 0 Å². The molecular weight excluding hydrogens is 382 g/mol. The molecule has 1 heterocycles. The lowest BCUT2D eigenvalue weighted by atomic mass is 9.77. The van der Waals surface area contributed by atoms with Gasteiger partial charge in [0, 0.05) is 27.6 Å². The van der Waals surface area contributed by atoms with Crippen molar-refractivity contribution in [3.05, 3.63) is 32.7 Å². The van der Waals surface area contributed by atoms with E-state index in [1.54, 1.807) is 0 Å². The van der Waals surface area contributed by atoms with Crippen molar-refractivity contribution in [3.8, 4) is 0 Å². The Morgan fingerprint density at radius 1 is 0.950 bits per heavy atom. The number of hydrogen-bond donors (Lipinski definition) is 0. The molecule has 0 radical (unpaired) electrons. The number of carbonyl (C=O) groups excluding carboxylic acids is 1. The van der Waals surface area contributed by atoms with Gasteiger partial charge in [-0.25, -0.2) is 0 Å². The molecular formula is C16H19Br2NO. The van der Waals surface area contributed by atoms with Crippen molar-refractivity contribution in [2.75, 3.05) is 13.1 Å². The molecule has 4 heteroatoms. The van der Waals surface area contributed by atoms with Gasteiger partial charge in [0.15, 0.2) is 0 Å². The van der Waals surface area contributed by atoms with Crippen LogP contribution in [-0.2, 0) is 0 Å². The molecule has 2 nitrogen and oxygen atoms in total. The summed E-state index contributed by atoms with van der Waals surface area (Å²) in [7, 11) is 0. The monoisotopic (exact) mass is 399 g/mol. The molecule has 0 atom stereocenters. The Bertz CT molecular complexity index is 493. The topological polar surface area (TPSA) is 20.3 Å². The maximum atomic E-state index is 12.6. The van der Waals surface area contributed by atoms with Crippen molar-refractivity contribution >= 4 is 37.8 Å². The van der Waals surface area contributed by atoms with Crippen LogP contribution in [0.2, 0.25) is 0 Å². The van der Waals surface area contributed by atoms with Gasteiger partial charge in [0.05, 0.1) is 0 Å². The standard InChI is InChI=1S/C16H19Br2NO/c17-13-9-12(10-14(18)11-13)15(20)19-7-5-16(6-8-19)3-1-2-4-16/h9-11H,1-8H2. The first-order valence-corrected chi connectivity index (χ1v) is 8.92. The first-order valence-electron chi connectivity index (χ1n) is 7.33. The molecule has 1 aromatic carbocycles. The Labute approximate surface area is 137 Å². The second-order valence-electron chi connectivity index (χ2n) is 6.16. The average Bonchev–Trinajstić information content (AvgIpc) is 2.86. The summed E-state index contributed by atoms with van der Waals surface area (Å²) in [6.07, 6.45) is 7.88. The van der Waals surface area contributed by atoms with E-state index < -0.39 is 0 Å². The molecule has 2 fully saturated rings. The lowest BCUT2D eigenvalue weighted by molar-refractivity contribution is 0.0587. The van der Waals surface area contributed by atoms with Crippen LogP contribution in [0.25, 0.3) is 0 Å². The zero-order valence-electron chi connectivity index (χ0n) is 11.5. The van der Waals surface area contributed by atoms with E-state index in [1.807, 2.05) is 23.1 Å². The van der Waals surface area contributed by atoms with E-state index in [0.29, 0.717) is 5.41 Å². The molecule has 1 saturated heterocycles. The largest absolute Gasteiger partial charge is 0.339 e. The van der Waals surface area contributed by atoms with Gasteiger partial charge in [-0.05, 0) is 49.3 Å². The lowest BCUT2D eigenvalue weighted by Crippen LogP contribution is -2.42. The third kappa shape index (κ3) is 2.96. The van der Waals surface area contributed by atoms with Crippen LogP contribution in [0.3, 0.4) is 0 Å². The number of likely N-dealkylation sites (tertiary alicyclic amines) is 1. The maximum Gasteiger partial charge on any atom is 0.253 e. The second-order valence-corrected chi connectivity index (χ2v) is 7.99. The normalized spacial score (nSPS) is 21.4. The summed E-state index contributed by atoms with van der Waals surface area (Å²) in [5.41, 5.74) is 1.34. The van der Waals surface area contributed by atoms with Crippen LogP contribution >= 0.6 is 31.9 Å². The minimum atomic E-state index is 0.167. The third-order valence-corrected chi connectivity index (χ3v) is 5.80. The zero-order chi connectivity index (χ0) is 14.2. The van der Waals surface area contributed by atoms with E-state index in [2.05, 4.69) is 31.9 Å². The number of halogens is 2. The van der Waals surface area contributed by atoms with Gasteiger partial charge in [-0.3, -0.25) is 4.79 Å². The van der Waals surface area contributed by atoms with Gasteiger partial charge in [0.2, 0.25) is 0 Å². The number of benzene rings is 1. The highest BCUT2D eigenvalue weighted by molar-refractivity contribution is 9.11. The van der Waals surface area contributed by atoms with Crippen LogP contribution < -0.4 is 0 Å². The number of nitrogens with zero attached hydrogens (tertiary/aromatic N) is 1. The van der Waals surface area contributed by atoms with Gasteiger partial charge in [-0.15, -0.1) is 0 Å². The van der Waals surface area contributed by atoms with Crippen LogP contribution in [-0.4, -0.2) is 23.9 Å². The van der Waals surface area contributed by atoms with E-state index in [0.717, 1.165) is 27.6 Å². The van der Waals surface area contributed by atoms with Gasteiger partial charge < -0.3 is 4.90 Å². The fraction of sp³-hybridized carbons (Fsp3) is 0.562. The van der Waals surface area contributed by atoms with Crippen LogP contribution in [0.5, 0.6) is 0 Å². The van der Waals surface area contributed by atoms with Gasteiger partial charge in [-0.1, -0.05) is 44.7 Å². The second kappa shape index (κ2) is 5.80. The SMILES string of the molecule is O=C(c1cc(Br)cc(Br)c1)N1CCC2(CCCC2)CC1. The molecule has 1 aliphatic carbocycles. The quantitative estimate of drug-likeness (QED) is 0.648. The van der Waals surface area contributed by atoms with E-state index in [9.17, 15) is 4.79 Å². The van der Waals surface area contributed by atoms with Gasteiger partial charge in [0.1, 0.15) is 0 Å². The Morgan fingerprint density at radius 3 is 2.05 bits per heavy atom. The number of carbonyl (C=O) groups is 1. The molecule has 1 saturated carbocycles. The van der Waals surface area contributed by atoms with Crippen molar-refractivity contribution in [2.24, 2.45) is 5.41 Å². The fourth-order valence-corrected chi connectivity index (χ4v) is 4.96. The first-order chi connectivity index (χ1) is 9.58. The smallest absolute Gasteiger partial charge is 0.253 e. The van der Waals surface area contributed by atoms with Crippen LogP contribution in [0, 0.1) is 5.41 Å². The van der Waals surface area contributed by atoms with Crippen molar-refractivity contribution in [3.63, 3.8) is 0 Å². The van der Waals surface area contributed by atoms with Crippen molar-refractivity contribution in [1.82, 2.24) is 4.90 Å². The van der Waals surface area contributed by atoms with E-state index in [-0.39, 0.29) is 5.91 Å². The fourth-order valence-electron chi connectivity index (χ4n) is 3.67. The molecule has 2 aliphatic rings. The van der Waals surface area contributed by atoms with Crippen molar-refractivity contribution in [2.45, 2.75) is 38.5 Å². The minimum absolute atomic E-state index is 0.167. The molecule has 1 amide bonds. The molecule has 1 spiro atoms. The average molecular weight is 401 g/mol. The predicted molar refractivity (Wildman–Crippen MR) is 87.9 cm³/mol. The van der Waals surface area contributed by atoms with Gasteiger partial charge in [0.25, 0.3) is 5.91 Å². The molecule has 0 aromatic heterocycles. The molecule has 3 rings (SSSR count). The molecule has 1 aromatic rings. The van der Waals surface area contributed by atoms with Crippen molar-refractivity contribution in [1.29, 1.82) is 0 Å². The van der Waals surface area contributed by atoms with Crippen LogP contribution in [0.4, 0.5) is 0 Å². The lowest BCUT2D eigenvalue weighted by Gasteiger charge is -2.39. The van der Waals surface area contributed by atoms with E-state index in [1.165, 1.54) is 38.5 Å². The minimum Gasteiger partial charge on any atom is -0.339 e. The highest BCUT2D eigenvalue weighted by Crippen LogP contribution is 2.46. The summed E-state index contributed by atoms with van der Waals surface area (Å²) in [5, 5.41) is 0. The Hall–Kier alpha value is -0.350. The first kappa shape index (κ1) is 14.6. The van der Waals surface area contributed by atoms with Crippen molar-refractivity contribution < 1.29 is 4.79 Å². The van der Waals surface area contributed by atoms with Crippen LogP contribution in [0.15, 0.2) is 27.1 Å². The molecule has 0 bridgehead atoms. The molecule has 0 unspecified atom stereocenters. The Morgan fingerprint density at radius 2 is 1.50 bits per heavy atom. The summed E-state index contributed by atoms with van der Waals surface area (Å²) < 4.78 is 1.89.